The van der Waals surface area contributed by atoms with Crippen molar-refractivity contribution in [3.63, 3.8) is 0 Å². The van der Waals surface area contributed by atoms with Crippen LogP contribution in [-0.2, 0) is 13.0 Å². The van der Waals surface area contributed by atoms with Gasteiger partial charge in [-0.3, -0.25) is 4.57 Å². The van der Waals surface area contributed by atoms with Crippen molar-refractivity contribution in [2.24, 2.45) is 5.84 Å². The van der Waals surface area contributed by atoms with Gasteiger partial charge in [0.1, 0.15) is 17.2 Å². The van der Waals surface area contributed by atoms with Crippen molar-refractivity contribution in [2.45, 2.75) is 37.0 Å². The maximum atomic E-state index is 11.5. The summed E-state index contributed by atoms with van der Waals surface area (Å²) in [5.41, 5.74) is 3.21. The van der Waals surface area contributed by atoms with Gasteiger partial charge in [0.15, 0.2) is 5.16 Å². The molecule has 0 amide bonds. The van der Waals surface area contributed by atoms with Gasteiger partial charge in [-0.1, -0.05) is 6.92 Å². The third-order valence-corrected chi connectivity index (χ3v) is 3.66. The van der Waals surface area contributed by atoms with E-state index in [9.17, 15) is 4.79 Å². The van der Waals surface area contributed by atoms with Crippen molar-refractivity contribution >= 4 is 17.6 Å². The Hall–Kier alpha value is -1.87. The van der Waals surface area contributed by atoms with Gasteiger partial charge in [0, 0.05) is 12.1 Å². The van der Waals surface area contributed by atoms with Crippen LogP contribution in [0.2, 0.25) is 0 Å². The summed E-state index contributed by atoms with van der Waals surface area (Å²) in [6.45, 7) is 4.42. The summed E-state index contributed by atoms with van der Waals surface area (Å²) < 4.78 is 1.54. The zero-order valence-corrected chi connectivity index (χ0v) is 11.5. The molecule has 8 nitrogen and oxygen atoms in total. The van der Waals surface area contributed by atoms with E-state index in [4.69, 9.17) is 5.84 Å². The number of H-pyrrole nitrogens is 1. The van der Waals surface area contributed by atoms with E-state index in [2.05, 4.69) is 25.6 Å². The summed E-state index contributed by atoms with van der Waals surface area (Å²) in [6.07, 6.45) is 2.15. The van der Waals surface area contributed by atoms with Crippen molar-refractivity contribution in [3.8, 4) is 0 Å². The van der Waals surface area contributed by atoms with Gasteiger partial charge in [-0.05, 0) is 25.1 Å². The topological polar surface area (TPSA) is 115 Å². The minimum atomic E-state index is -0.228. The van der Waals surface area contributed by atoms with E-state index in [1.54, 1.807) is 4.57 Å². The second kappa shape index (κ2) is 5.85. The molecule has 0 saturated carbocycles. The number of nitrogens with one attached hydrogen (secondary N) is 2. The second-order valence-electron chi connectivity index (χ2n) is 3.66. The Morgan fingerprint density at radius 1 is 1.47 bits per heavy atom. The molecule has 9 heteroatoms. The van der Waals surface area contributed by atoms with Gasteiger partial charge in [0.2, 0.25) is 0 Å². The molecule has 0 aliphatic carbocycles. The Labute approximate surface area is 113 Å². The first kappa shape index (κ1) is 13.6. The monoisotopic (exact) mass is 281 g/mol. The van der Waals surface area contributed by atoms with Crippen molar-refractivity contribution < 1.29 is 0 Å². The van der Waals surface area contributed by atoms with Crippen LogP contribution in [0.3, 0.4) is 0 Å². The van der Waals surface area contributed by atoms with Crippen molar-refractivity contribution in [1.82, 2.24) is 24.7 Å². The fourth-order valence-electron chi connectivity index (χ4n) is 1.67. The number of anilines is 1. The first-order valence-corrected chi connectivity index (χ1v) is 6.66. The molecule has 2 aromatic rings. The molecule has 19 heavy (non-hydrogen) atoms. The molecular weight excluding hydrogens is 266 g/mol. The first-order chi connectivity index (χ1) is 9.21. The molecule has 0 spiro atoms. The molecule has 0 radical (unpaired) electrons. The molecule has 2 rings (SSSR count). The van der Waals surface area contributed by atoms with Crippen molar-refractivity contribution in [1.29, 1.82) is 0 Å². The minimum absolute atomic E-state index is 0.228. The van der Waals surface area contributed by atoms with E-state index in [0.29, 0.717) is 17.5 Å². The zero-order valence-electron chi connectivity index (χ0n) is 10.7. The lowest BCUT2D eigenvalue weighted by Crippen LogP contribution is -2.16. The number of hydrogen-bond donors (Lipinski definition) is 3. The average molecular weight is 281 g/mol. The predicted octanol–water partition coefficient (Wildman–Crippen LogP) is 0.380. The second-order valence-corrected chi connectivity index (χ2v) is 4.62. The average Bonchev–Trinajstić information content (AvgIpc) is 2.78. The van der Waals surface area contributed by atoms with Crippen molar-refractivity contribution in [2.75, 3.05) is 5.43 Å². The number of aromatic amines is 1. The highest BCUT2D eigenvalue weighted by Crippen LogP contribution is 2.29. The Kier molecular flexibility index (Phi) is 4.17. The van der Waals surface area contributed by atoms with Gasteiger partial charge >= 0.3 is 5.69 Å². The Morgan fingerprint density at radius 3 is 2.89 bits per heavy atom. The Morgan fingerprint density at radius 2 is 2.26 bits per heavy atom. The summed E-state index contributed by atoms with van der Waals surface area (Å²) in [4.78, 5) is 19.8. The smallest absolute Gasteiger partial charge is 0.308 e. The number of rotatable bonds is 5. The van der Waals surface area contributed by atoms with Gasteiger partial charge in [0.05, 0.1) is 0 Å². The molecule has 0 bridgehead atoms. The van der Waals surface area contributed by atoms with Crippen LogP contribution in [-0.4, -0.2) is 24.7 Å². The van der Waals surface area contributed by atoms with Crippen LogP contribution < -0.4 is 17.0 Å². The molecule has 0 aromatic carbocycles. The number of nitrogen functional groups attached to an aromatic ring is 1. The normalized spacial score (nSPS) is 10.7. The summed E-state index contributed by atoms with van der Waals surface area (Å²) in [5.74, 6) is 6.01. The van der Waals surface area contributed by atoms with E-state index in [1.165, 1.54) is 18.1 Å². The van der Waals surface area contributed by atoms with Crippen LogP contribution in [0.15, 0.2) is 21.3 Å². The fraction of sp³-hybridized carbons (Fsp3) is 0.400. The predicted molar refractivity (Wildman–Crippen MR) is 71.9 cm³/mol. The molecular formula is C10H15N7OS. The molecule has 0 saturated heterocycles. The number of hydrogen-bond acceptors (Lipinski definition) is 7. The van der Waals surface area contributed by atoms with E-state index in [1.807, 2.05) is 13.8 Å². The highest BCUT2D eigenvalue weighted by Gasteiger charge is 2.14. The lowest BCUT2D eigenvalue weighted by molar-refractivity contribution is 0.659. The minimum Gasteiger partial charge on any atom is -0.308 e. The molecule has 0 fully saturated rings. The molecule has 102 valence electrons. The quantitative estimate of drug-likeness (QED) is 0.412. The van der Waals surface area contributed by atoms with Crippen molar-refractivity contribution in [3.05, 3.63) is 22.4 Å². The fourth-order valence-corrected chi connectivity index (χ4v) is 2.72. The van der Waals surface area contributed by atoms with Gasteiger partial charge in [-0.2, -0.15) is 0 Å². The first-order valence-electron chi connectivity index (χ1n) is 5.84. The Bertz CT molecular complexity index is 621. The molecule has 0 atom stereocenters. The lowest BCUT2D eigenvalue weighted by Gasteiger charge is -2.09. The SMILES string of the molecule is CCc1c(NN)ncnc1Sc1n[nH]c(=O)n1CC. The standard InChI is InChI=1S/C10H15N7OS/c1-3-6-7(14-11)12-5-13-8(6)19-10-16-15-9(18)17(10)4-2/h5H,3-4,11H2,1-2H3,(H,15,18)(H,12,13,14). The maximum Gasteiger partial charge on any atom is 0.343 e. The van der Waals surface area contributed by atoms with Gasteiger partial charge < -0.3 is 5.43 Å². The summed E-state index contributed by atoms with van der Waals surface area (Å²) >= 11 is 1.31. The van der Waals surface area contributed by atoms with E-state index in [0.717, 1.165) is 17.0 Å². The van der Waals surface area contributed by atoms with E-state index < -0.39 is 0 Å². The van der Waals surface area contributed by atoms with Crippen LogP contribution in [0.25, 0.3) is 0 Å². The highest BCUT2D eigenvalue weighted by atomic mass is 32.2. The van der Waals surface area contributed by atoms with Crippen LogP contribution in [0.4, 0.5) is 5.82 Å². The molecule has 2 heterocycles. The highest BCUT2D eigenvalue weighted by molar-refractivity contribution is 7.99. The van der Waals surface area contributed by atoms with Crippen LogP contribution >= 0.6 is 11.8 Å². The molecule has 0 aliphatic heterocycles. The van der Waals surface area contributed by atoms with Gasteiger partial charge in [0.25, 0.3) is 0 Å². The third kappa shape index (κ3) is 2.61. The Balaban J connectivity index is 2.40. The van der Waals surface area contributed by atoms with Crippen LogP contribution in [0.1, 0.15) is 19.4 Å². The molecule has 0 unspecified atom stereocenters. The maximum absolute atomic E-state index is 11.5. The molecule has 4 N–H and O–H groups in total. The number of aromatic nitrogens is 5. The number of hydrazine groups is 1. The van der Waals surface area contributed by atoms with Gasteiger partial charge in [-0.25, -0.2) is 25.7 Å². The lowest BCUT2D eigenvalue weighted by atomic mass is 10.2. The van der Waals surface area contributed by atoms with Crippen LogP contribution in [0.5, 0.6) is 0 Å². The van der Waals surface area contributed by atoms with Crippen LogP contribution in [0, 0.1) is 0 Å². The summed E-state index contributed by atoms with van der Waals surface area (Å²) in [7, 11) is 0. The molecule has 0 aliphatic rings. The third-order valence-electron chi connectivity index (χ3n) is 2.62. The summed E-state index contributed by atoms with van der Waals surface area (Å²) in [5, 5.41) is 7.72. The number of nitrogens with zero attached hydrogens (tertiary/aromatic N) is 4. The zero-order chi connectivity index (χ0) is 13.8. The molecule has 2 aromatic heterocycles. The van der Waals surface area contributed by atoms with E-state index in [-0.39, 0.29) is 5.69 Å². The number of nitrogens with two attached hydrogens (primary N) is 1. The largest absolute Gasteiger partial charge is 0.343 e. The van der Waals surface area contributed by atoms with Gasteiger partial charge in [-0.15, -0.1) is 5.10 Å². The van der Waals surface area contributed by atoms with E-state index >= 15 is 0 Å². The summed E-state index contributed by atoms with van der Waals surface area (Å²) in [6, 6.07) is 0.